The minimum atomic E-state index is -4.40. The zero-order valence-corrected chi connectivity index (χ0v) is 19.1. The summed E-state index contributed by atoms with van der Waals surface area (Å²) in [5.74, 6) is -0.675. The lowest BCUT2D eigenvalue weighted by Gasteiger charge is -2.15. The molecule has 1 N–H and O–H groups in total. The summed E-state index contributed by atoms with van der Waals surface area (Å²) in [7, 11) is 0. The molecular weight excluding hydrogens is 527 g/mol. The molecule has 158 valence electrons. The van der Waals surface area contributed by atoms with Crippen LogP contribution in [0.2, 0.25) is 5.02 Å². The van der Waals surface area contributed by atoms with E-state index < -0.39 is 27.9 Å². The zero-order chi connectivity index (χ0) is 22.2. The number of benzene rings is 2. The van der Waals surface area contributed by atoms with Crippen LogP contribution in [0.15, 0.2) is 55.6 Å². The third kappa shape index (κ3) is 5.05. The van der Waals surface area contributed by atoms with Crippen LogP contribution in [-0.4, -0.2) is 20.8 Å². The van der Waals surface area contributed by atoms with Crippen LogP contribution in [-0.2, 0) is 16.9 Å². The summed E-state index contributed by atoms with van der Waals surface area (Å²) in [6.45, 7) is 1.19. The molecule has 2 aromatic carbocycles. The summed E-state index contributed by atoms with van der Waals surface area (Å²) in [5.41, 5.74) is -4.51. The fourth-order valence-electron chi connectivity index (χ4n) is 2.80. The summed E-state index contributed by atoms with van der Waals surface area (Å²) >= 11 is 7.33. The first-order valence-corrected chi connectivity index (χ1v) is 11.6. The van der Waals surface area contributed by atoms with Gasteiger partial charge in [0, 0.05) is 26.1 Å². The number of nitrogens with one attached hydrogen (secondary N) is 1. The number of aromatic nitrogens is 1. The third-order valence-corrected chi connectivity index (χ3v) is 7.13. The minimum Gasteiger partial charge on any atom is -0.610 e. The molecule has 0 aliphatic heterocycles. The van der Waals surface area contributed by atoms with Crippen LogP contribution in [0.4, 0.5) is 13.2 Å². The first kappa shape index (κ1) is 23.2. The van der Waals surface area contributed by atoms with Gasteiger partial charge in [0.25, 0.3) is 0 Å². The quantitative estimate of drug-likeness (QED) is 0.243. The number of ketones is 1. The van der Waals surface area contributed by atoms with Crippen LogP contribution in [0.5, 0.6) is 0 Å². The number of rotatable bonds is 5. The van der Waals surface area contributed by atoms with Gasteiger partial charge in [-0.05, 0) is 58.9 Å². The van der Waals surface area contributed by atoms with Crippen molar-refractivity contribution >= 4 is 67.2 Å². The molecule has 3 aromatic rings. The predicted octanol–water partition coefficient (Wildman–Crippen LogP) is 6.07. The predicted molar refractivity (Wildman–Crippen MR) is 116 cm³/mol. The summed E-state index contributed by atoms with van der Waals surface area (Å²) < 4.78 is 50.9. The van der Waals surface area contributed by atoms with Crippen molar-refractivity contribution in [2.24, 2.45) is 0 Å². The molecule has 0 spiro atoms. The molecule has 1 aromatic heterocycles. The van der Waals surface area contributed by atoms with Gasteiger partial charge in [0.1, 0.15) is 11.3 Å². The van der Waals surface area contributed by atoms with Crippen molar-refractivity contribution in [2.45, 2.75) is 28.1 Å². The Morgan fingerprint density at radius 1 is 1.23 bits per heavy atom. The highest BCUT2D eigenvalue weighted by molar-refractivity contribution is 9.10. The normalized spacial score (nSPS) is 12.9. The van der Waals surface area contributed by atoms with Crippen LogP contribution in [0, 0.1) is 0 Å². The van der Waals surface area contributed by atoms with Gasteiger partial charge in [0.15, 0.2) is 5.78 Å². The molecule has 0 fully saturated rings. The van der Waals surface area contributed by atoms with Crippen LogP contribution in [0.1, 0.15) is 22.8 Å². The van der Waals surface area contributed by atoms with Crippen LogP contribution >= 0.6 is 39.3 Å². The van der Waals surface area contributed by atoms with Crippen molar-refractivity contribution < 1.29 is 22.5 Å². The number of thioether (sulfide) groups is 1. The van der Waals surface area contributed by atoms with Crippen molar-refractivity contribution in [1.29, 1.82) is 0 Å². The van der Waals surface area contributed by atoms with Gasteiger partial charge in [-0.2, -0.15) is 13.2 Å². The Kier molecular flexibility index (Phi) is 6.93. The molecule has 3 rings (SSSR count). The van der Waals surface area contributed by atoms with Crippen molar-refractivity contribution in [3.63, 3.8) is 0 Å². The number of hydrogen-bond donors (Lipinski definition) is 1. The molecule has 0 bridgehead atoms. The smallest absolute Gasteiger partial charge is 0.446 e. The maximum Gasteiger partial charge on any atom is 0.446 e. The molecule has 0 aliphatic rings. The zero-order valence-electron chi connectivity index (χ0n) is 15.1. The Balaban J connectivity index is 2.01. The van der Waals surface area contributed by atoms with Crippen LogP contribution in [0.3, 0.4) is 0 Å². The number of H-pyrrole nitrogens is 1. The van der Waals surface area contributed by atoms with E-state index in [2.05, 4.69) is 20.9 Å². The number of alkyl halides is 3. The SMILES string of the molecule is CC(=O)c1c([S+]([O-])Cc2ccc(SC(F)(F)F)cc2)[nH]c2c(Br)ccc(Cl)c2c1=O. The lowest BCUT2D eigenvalue weighted by atomic mass is 10.1. The molecule has 4 nitrogen and oxygen atoms in total. The molecule has 30 heavy (non-hydrogen) atoms. The Morgan fingerprint density at radius 2 is 1.87 bits per heavy atom. The molecule has 0 radical (unpaired) electrons. The fourth-order valence-corrected chi connectivity index (χ4v) is 5.33. The molecule has 1 atom stereocenters. The van der Waals surface area contributed by atoms with E-state index in [-0.39, 0.29) is 43.4 Å². The van der Waals surface area contributed by atoms with Gasteiger partial charge in [-0.1, -0.05) is 23.7 Å². The van der Waals surface area contributed by atoms with Gasteiger partial charge in [-0.3, -0.25) is 9.59 Å². The molecule has 11 heteroatoms. The first-order chi connectivity index (χ1) is 14.0. The molecule has 0 saturated carbocycles. The van der Waals surface area contributed by atoms with Crippen LogP contribution < -0.4 is 5.43 Å². The van der Waals surface area contributed by atoms with E-state index in [1.54, 1.807) is 6.07 Å². The van der Waals surface area contributed by atoms with Gasteiger partial charge >= 0.3 is 5.51 Å². The largest absolute Gasteiger partial charge is 0.610 e. The maximum absolute atomic E-state index is 13.0. The summed E-state index contributed by atoms with van der Waals surface area (Å²) in [6.07, 6.45) is 0. The van der Waals surface area contributed by atoms with Gasteiger partial charge < -0.3 is 9.54 Å². The third-order valence-electron chi connectivity index (χ3n) is 4.06. The Morgan fingerprint density at radius 3 is 2.43 bits per heavy atom. The summed E-state index contributed by atoms with van der Waals surface area (Å²) in [6, 6.07) is 8.50. The average molecular weight is 539 g/mol. The van der Waals surface area contributed by atoms with E-state index in [9.17, 15) is 27.3 Å². The van der Waals surface area contributed by atoms with E-state index in [0.29, 0.717) is 15.6 Å². The highest BCUT2D eigenvalue weighted by Crippen LogP contribution is 2.37. The van der Waals surface area contributed by atoms with Gasteiger partial charge in [-0.25, -0.2) is 0 Å². The second kappa shape index (κ2) is 8.96. The first-order valence-electron chi connectivity index (χ1n) is 8.26. The maximum atomic E-state index is 13.0. The van der Waals surface area contributed by atoms with E-state index in [4.69, 9.17) is 11.6 Å². The highest BCUT2D eigenvalue weighted by Gasteiger charge is 2.30. The van der Waals surface area contributed by atoms with E-state index in [0.717, 1.165) is 0 Å². The average Bonchev–Trinajstić information content (AvgIpc) is 2.64. The Labute approximate surface area is 189 Å². The molecular formula is C19H12BrClF3NO3S2. The van der Waals surface area contributed by atoms with E-state index in [1.807, 2.05) is 0 Å². The Hall–Kier alpha value is -1.46. The highest BCUT2D eigenvalue weighted by atomic mass is 79.9. The second-order valence-corrected chi connectivity index (χ2v) is 9.96. The number of halogens is 5. The molecule has 0 saturated heterocycles. The number of hydrogen-bond acceptors (Lipinski definition) is 4. The van der Waals surface area contributed by atoms with E-state index in [1.165, 1.54) is 37.3 Å². The number of aromatic amines is 1. The Bertz CT molecular complexity index is 1180. The second-order valence-electron chi connectivity index (χ2n) is 6.18. The minimum absolute atomic E-state index is 0.000795. The molecule has 0 aliphatic carbocycles. The van der Waals surface area contributed by atoms with Crippen molar-refractivity contribution in [2.75, 3.05) is 0 Å². The number of Topliss-reactive ketones (excluding diaryl/α,β-unsaturated/α-hetero) is 1. The lowest BCUT2D eigenvalue weighted by molar-refractivity contribution is -0.0328. The van der Waals surface area contributed by atoms with Gasteiger partial charge in [0.05, 0.1) is 15.9 Å². The van der Waals surface area contributed by atoms with Gasteiger partial charge in [-0.15, -0.1) is 0 Å². The molecule has 0 amide bonds. The number of fused-ring (bicyclic) bond motifs is 1. The standard InChI is InChI=1S/C19H12BrClF3NO3S2/c1-9(26)14-17(27)15-13(21)7-6-12(20)16(15)25-18(14)30(28)8-10-2-4-11(5-3-10)29-19(22,23)24/h2-7H,8H2,1H3,(H,25,27). The van der Waals surface area contributed by atoms with Gasteiger partial charge in [0.2, 0.25) is 10.5 Å². The summed E-state index contributed by atoms with van der Waals surface area (Å²) in [4.78, 5) is 27.9. The number of carbonyl (C=O) groups excluding carboxylic acids is 1. The van der Waals surface area contributed by atoms with E-state index >= 15 is 0 Å². The number of carbonyl (C=O) groups is 1. The molecule has 1 heterocycles. The number of pyridine rings is 1. The summed E-state index contributed by atoms with van der Waals surface area (Å²) in [5, 5.41) is 0.189. The topological polar surface area (TPSA) is 73.0 Å². The van der Waals surface area contributed by atoms with Crippen molar-refractivity contribution in [3.8, 4) is 0 Å². The van der Waals surface area contributed by atoms with Crippen LogP contribution in [0.25, 0.3) is 10.9 Å². The van der Waals surface area contributed by atoms with Crippen molar-refractivity contribution in [1.82, 2.24) is 4.98 Å². The monoisotopic (exact) mass is 537 g/mol. The lowest BCUT2D eigenvalue weighted by Crippen LogP contribution is -2.22. The molecule has 1 unspecified atom stereocenters. The fraction of sp³-hybridized carbons (Fsp3) is 0.158. The van der Waals surface area contributed by atoms with Crippen molar-refractivity contribution in [3.05, 3.63) is 67.2 Å².